The summed E-state index contributed by atoms with van der Waals surface area (Å²) in [5, 5.41) is 36.5. The predicted octanol–water partition coefficient (Wildman–Crippen LogP) is -1.89. The second-order valence-electron chi connectivity index (χ2n) is 2.79. The zero-order valence-electron chi connectivity index (χ0n) is 6.58. The maximum absolute atomic E-state index is 9.26. The summed E-state index contributed by atoms with van der Waals surface area (Å²) in [5.74, 6) is 0. The lowest BCUT2D eigenvalue weighted by Crippen LogP contribution is -2.58. The quantitative estimate of drug-likeness (QED) is 0.463. The van der Waals surface area contributed by atoms with E-state index in [2.05, 4.69) is 20.1 Å². The average Bonchev–Trinajstić information content (AvgIpc) is 2.15. The molecule has 13 heavy (non-hydrogen) atoms. The lowest BCUT2D eigenvalue weighted by atomic mass is 10.00. The molecular weight excluding hydrogens is 248 g/mol. The smallest absolute Gasteiger partial charge is 0.199 e. The van der Waals surface area contributed by atoms with Crippen LogP contribution in [0.1, 0.15) is 0 Å². The Morgan fingerprint density at radius 1 is 1.15 bits per heavy atom. The molecule has 0 amide bonds. The zero-order valence-corrected chi connectivity index (χ0v) is 8.16. The molecule has 5 atom stereocenters. The Morgan fingerprint density at radius 2 is 1.77 bits per heavy atom. The van der Waals surface area contributed by atoms with Crippen molar-refractivity contribution in [1.82, 2.24) is 0 Å². The standard InChI is InChI=1S/C6H11BrO6/c7-13-6-5(11)4(10)3(9)2(1-8)12-6/h2-6,8-11H,1H2/t2-,3-,4-,5+,6?/m1/s1. The van der Waals surface area contributed by atoms with Crippen LogP contribution in [0.3, 0.4) is 0 Å². The number of ether oxygens (including phenoxy) is 1. The molecule has 1 aliphatic heterocycles. The summed E-state index contributed by atoms with van der Waals surface area (Å²) in [6.45, 7) is -0.461. The van der Waals surface area contributed by atoms with Crippen LogP contribution in [-0.2, 0) is 8.57 Å². The van der Waals surface area contributed by atoms with Gasteiger partial charge in [-0.3, -0.25) is 3.83 Å². The van der Waals surface area contributed by atoms with Crippen LogP contribution in [0.15, 0.2) is 0 Å². The highest BCUT2D eigenvalue weighted by molar-refractivity contribution is 9.06. The van der Waals surface area contributed by atoms with Crippen LogP contribution in [0.25, 0.3) is 0 Å². The third-order valence-electron chi connectivity index (χ3n) is 1.94. The Kier molecular flexibility index (Phi) is 4.05. The van der Waals surface area contributed by atoms with Gasteiger partial charge in [0, 0.05) is 0 Å². The first-order valence-electron chi connectivity index (χ1n) is 3.69. The molecule has 1 saturated heterocycles. The summed E-state index contributed by atoms with van der Waals surface area (Å²) in [4.78, 5) is 0. The Hall–Kier alpha value is 0.240. The van der Waals surface area contributed by atoms with Crippen molar-refractivity contribution >= 4 is 16.3 Å². The van der Waals surface area contributed by atoms with Crippen molar-refractivity contribution in [3.8, 4) is 0 Å². The molecule has 0 aliphatic carbocycles. The van der Waals surface area contributed by atoms with E-state index < -0.39 is 37.3 Å². The van der Waals surface area contributed by atoms with Crippen molar-refractivity contribution in [2.45, 2.75) is 30.7 Å². The van der Waals surface area contributed by atoms with Crippen LogP contribution in [0.2, 0.25) is 0 Å². The Balaban J connectivity index is 2.66. The molecule has 1 unspecified atom stereocenters. The Morgan fingerprint density at radius 3 is 2.23 bits per heavy atom. The molecule has 0 aromatic rings. The van der Waals surface area contributed by atoms with Crippen LogP contribution >= 0.6 is 16.3 Å². The molecule has 0 saturated carbocycles. The van der Waals surface area contributed by atoms with Gasteiger partial charge in [0.2, 0.25) is 0 Å². The molecule has 1 heterocycles. The van der Waals surface area contributed by atoms with Crippen LogP contribution in [0.5, 0.6) is 0 Å². The number of hydrogen-bond donors (Lipinski definition) is 4. The fourth-order valence-electron chi connectivity index (χ4n) is 1.14. The molecule has 0 aromatic heterocycles. The number of aliphatic hydroxyl groups is 4. The maximum atomic E-state index is 9.26. The first kappa shape index (κ1) is 11.3. The summed E-state index contributed by atoms with van der Waals surface area (Å²) in [5.41, 5.74) is 0. The average molecular weight is 259 g/mol. The lowest BCUT2D eigenvalue weighted by Gasteiger charge is -2.38. The van der Waals surface area contributed by atoms with E-state index in [4.69, 9.17) is 9.84 Å². The normalized spacial score (nSPS) is 46.4. The molecule has 0 aromatic carbocycles. The fraction of sp³-hybridized carbons (Fsp3) is 1.00. The van der Waals surface area contributed by atoms with Gasteiger partial charge in [-0.25, -0.2) is 0 Å². The largest absolute Gasteiger partial charge is 0.394 e. The summed E-state index contributed by atoms with van der Waals surface area (Å²) < 4.78 is 9.41. The minimum atomic E-state index is -1.39. The van der Waals surface area contributed by atoms with Crippen molar-refractivity contribution in [2.75, 3.05) is 6.61 Å². The van der Waals surface area contributed by atoms with Crippen molar-refractivity contribution in [1.29, 1.82) is 0 Å². The van der Waals surface area contributed by atoms with E-state index >= 15 is 0 Å². The molecule has 6 nitrogen and oxygen atoms in total. The van der Waals surface area contributed by atoms with Gasteiger partial charge in [-0.05, 0) is 0 Å². The van der Waals surface area contributed by atoms with Gasteiger partial charge in [0.25, 0.3) is 0 Å². The number of rotatable bonds is 2. The lowest BCUT2D eigenvalue weighted by molar-refractivity contribution is -0.272. The van der Waals surface area contributed by atoms with Crippen molar-refractivity contribution < 1.29 is 29.0 Å². The molecule has 0 radical (unpaired) electrons. The number of aliphatic hydroxyl groups excluding tert-OH is 4. The summed E-state index contributed by atoms with van der Waals surface area (Å²) in [7, 11) is 0. The highest BCUT2D eigenvalue weighted by atomic mass is 79.9. The van der Waals surface area contributed by atoms with Crippen molar-refractivity contribution in [2.24, 2.45) is 0 Å². The first-order valence-corrected chi connectivity index (χ1v) is 4.34. The third-order valence-corrected chi connectivity index (χ3v) is 2.30. The van der Waals surface area contributed by atoms with Gasteiger partial charge < -0.3 is 25.2 Å². The van der Waals surface area contributed by atoms with Crippen LogP contribution in [0.4, 0.5) is 0 Å². The highest BCUT2D eigenvalue weighted by Crippen LogP contribution is 2.22. The van der Waals surface area contributed by atoms with Gasteiger partial charge in [0.05, 0.1) is 6.61 Å². The Labute approximate surface area is 83.2 Å². The minimum Gasteiger partial charge on any atom is -0.394 e. The molecule has 1 aliphatic rings. The number of halogens is 1. The second-order valence-corrected chi connectivity index (χ2v) is 3.16. The van der Waals surface area contributed by atoms with Crippen LogP contribution < -0.4 is 0 Å². The molecule has 0 bridgehead atoms. The molecular formula is C6H11BrO6. The summed E-state index contributed by atoms with van der Waals surface area (Å²) >= 11 is 2.60. The van der Waals surface area contributed by atoms with Crippen molar-refractivity contribution in [3.05, 3.63) is 0 Å². The third kappa shape index (κ3) is 2.18. The number of hydrogen-bond acceptors (Lipinski definition) is 6. The van der Waals surface area contributed by atoms with Gasteiger partial charge in [-0.1, -0.05) is 0 Å². The molecule has 1 rings (SSSR count). The topological polar surface area (TPSA) is 99.4 Å². The molecule has 7 heteroatoms. The predicted molar refractivity (Wildman–Crippen MR) is 43.8 cm³/mol. The van der Waals surface area contributed by atoms with E-state index in [0.717, 1.165) is 0 Å². The summed E-state index contributed by atoms with van der Waals surface area (Å²) in [6, 6.07) is 0. The Bertz CT molecular complexity index is 147. The molecule has 78 valence electrons. The van der Waals surface area contributed by atoms with Crippen molar-refractivity contribution in [3.63, 3.8) is 0 Å². The van der Waals surface area contributed by atoms with E-state index in [1.807, 2.05) is 0 Å². The second kappa shape index (κ2) is 4.65. The monoisotopic (exact) mass is 258 g/mol. The van der Waals surface area contributed by atoms with Gasteiger partial charge >= 0.3 is 0 Å². The van der Waals surface area contributed by atoms with Gasteiger partial charge in [0.1, 0.15) is 40.7 Å². The van der Waals surface area contributed by atoms with Gasteiger partial charge in [-0.15, -0.1) is 0 Å². The fourth-order valence-corrected chi connectivity index (χ4v) is 1.45. The van der Waals surface area contributed by atoms with Gasteiger partial charge in [0.15, 0.2) is 6.29 Å². The van der Waals surface area contributed by atoms with Crippen LogP contribution in [0, 0.1) is 0 Å². The van der Waals surface area contributed by atoms with E-state index in [9.17, 15) is 15.3 Å². The highest BCUT2D eigenvalue weighted by Gasteiger charge is 2.43. The van der Waals surface area contributed by atoms with E-state index in [0.29, 0.717) is 0 Å². The first-order chi connectivity index (χ1) is 6.11. The minimum absolute atomic E-state index is 0.461. The van der Waals surface area contributed by atoms with Gasteiger partial charge in [-0.2, -0.15) is 0 Å². The SMILES string of the molecule is OC[C@H]1OC(OBr)[C@@H](O)[C@H](O)[C@@H]1O. The zero-order chi connectivity index (χ0) is 10.0. The van der Waals surface area contributed by atoms with Crippen LogP contribution in [-0.4, -0.2) is 57.7 Å². The maximum Gasteiger partial charge on any atom is 0.199 e. The van der Waals surface area contributed by atoms with E-state index in [-0.39, 0.29) is 0 Å². The van der Waals surface area contributed by atoms with E-state index in [1.54, 1.807) is 0 Å². The molecule has 4 N–H and O–H groups in total. The van der Waals surface area contributed by atoms with E-state index in [1.165, 1.54) is 0 Å². The molecule has 1 fully saturated rings. The molecule has 0 spiro atoms. The summed E-state index contributed by atoms with van der Waals surface area (Å²) in [6.07, 6.45) is -6.12.